The highest BCUT2D eigenvalue weighted by Gasteiger charge is 2.17. The van der Waals surface area contributed by atoms with Gasteiger partial charge in [0.05, 0.1) is 12.5 Å². The number of carbonyl (C=O) groups excluding carboxylic acids is 1. The Hall–Kier alpha value is -1.56. The lowest BCUT2D eigenvalue weighted by Gasteiger charge is -2.15. The molecule has 1 heterocycles. The van der Waals surface area contributed by atoms with Crippen LogP contribution in [-0.4, -0.2) is 24.2 Å². The molecule has 1 atom stereocenters. The normalized spacial score (nSPS) is 11.8. The molecule has 1 aromatic heterocycles. The number of thiophene rings is 1. The van der Waals surface area contributed by atoms with E-state index in [1.165, 1.54) is 18.4 Å². The molecule has 0 aliphatic carbocycles. The Morgan fingerprint density at radius 2 is 2.33 bits per heavy atom. The van der Waals surface area contributed by atoms with E-state index in [2.05, 4.69) is 10.6 Å². The summed E-state index contributed by atoms with van der Waals surface area (Å²) in [7, 11) is 1.49. The van der Waals surface area contributed by atoms with Crippen molar-refractivity contribution < 1.29 is 14.7 Å². The van der Waals surface area contributed by atoms with Crippen LogP contribution >= 0.6 is 11.3 Å². The summed E-state index contributed by atoms with van der Waals surface area (Å²) in [4.78, 5) is 21.7. The Labute approximate surface area is 91.1 Å². The molecule has 1 rings (SSSR count). The van der Waals surface area contributed by atoms with Gasteiger partial charge >= 0.3 is 12.0 Å². The number of rotatable bonds is 4. The molecule has 2 amide bonds. The van der Waals surface area contributed by atoms with Crippen molar-refractivity contribution in [1.82, 2.24) is 10.6 Å². The molecule has 0 saturated carbocycles. The third-order valence-corrected chi connectivity index (χ3v) is 2.56. The predicted molar refractivity (Wildman–Crippen MR) is 56.9 cm³/mol. The molecule has 0 unspecified atom stereocenters. The first kappa shape index (κ1) is 11.5. The minimum atomic E-state index is -0.942. The minimum absolute atomic E-state index is 0.121. The average Bonchev–Trinajstić information content (AvgIpc) is 2.68. The first-order valence-electron chi connectivity index (χ1n) is 4.35. The van der Waals surface area contributed by atoms with E-state index in [-0.39, 0.29) is 12.5 Å². The summed E-state index contributed by atoms with van der Waals surface area (Å²) in [6.45, 7) is 0. The second kappa shape index (κ2) is 5.35. The molecule has 82 valence electrons. The van der Waals surface area contributed by atoms with E-state index < -0.39 is 12.0 Å². The van der Waals surface area contributed by atoms with Crippen LogP contribution in [0.3, 0.4) is 0 Å². The molecule has 0 bridgehead atoms. The van der Waals surface area contributed by atoms with Crippen molar-refractivity contribution in [3.05, 3.63) is 22.4 Å². The van der Waals surface area contributed by atoms with Gasteiger partial charge in [0.2, 0.25) is 0 Å². The van der Waals surface area contributed by atoms with Gasteiger partial charge in [0.15, 0.2) is 0 Å². The first-order chi connectivity index (χ1) is 7.13. The summed E-state index contributed by atoms with van der Waals surface area (Å²) in [5.41, 5.74) is 0.811. The van der Waals surface area contributed by atoms with Crippen LogP contribution in [0.2, 0.25) is 0 Å². The van der Waals surface area contributed by atoms with Crippen LogP contribution in [0, 0.1) is 0 Å². The smallest absolute Gasteiger partial charge is 0.315 e. The molecule has 0 aliphatic rings. The number of urea groups is 1. The molecule has 3 N–H and O–H groups in total. The monoisotopic (exact) mass is 228 g/mol. The fourth-order valence-electron chi connectivity index (χ4n) is 1.13. The molecule has 6 heteroatoms. The fraction of sp³-hybridized carbons (Fsp3) is 0.333. The van der Waals surface area contributed by atoms with Gasteiger partial charge in [-0.25, -0.2) is 4.79 Å². The molecular weight excluding hydrogens is 216 g/mol. The molecule has 0 aromatic carbocycles. The predicted octanol–water partition coefficient (Wildman–Crippen LogP) is 1.19. The van der Waals surface area contributed by atoms with Crippen molar-refractivity contribution in [2.45, 2.75) is 12.5 Å². The quantitative estimate of drug-likeness (QED) is 0.724. The number of carboxylic acid groups (broad SMARTS) is 1. The zero-order valence-corrected chi connectivity index (χ0v) is 9.00. The zero-order chi connectivity index (χ0) is 11.3. The fourth-order valence-corrected chi connectivity index (χ4v) is 1.84. The van der Waals surface area contributed by atoms with Crippen molar-refractivity contribution in [3.63, 3.8) is 0 Å². The SMILES string of the molecule is CNC(=O)N[C@@H](CC(=O)O)c1ccsc1. The van der Waals surface area contributed by atoms with Crippen LogP contribution < -0.4 is 10.6 Å². The number of nitrogens with one attached hydrogen (secondary N) is 2. The number of hydrogen-bond donors (Lipinski definition) is 3. The molecule has 15 heavy (non-hydrogen) atoms. The van der Waals surface area contributed by atoms with Crippen molar-refractivity contribution in [2.75, 3.05) is 7.05 Å². The van der Waals surface area contributed by atoms with Gasteiger partial charge in [0, 0.05) is 7.05 Å². The number of carbonyl (C=O) groups is 2. The Morgan fingerprint density at radius 3 is 2.80 bits per heavy atom. The third kappa shape index (κ3) is 3.59. The van der Waals surface area contributed by atoms with Crippen LogP contribution in [0.25, 0.3) is 0 Å². The van der Waals surface area contributed by atoms with Gasteiger partial charge in [-0.1, -0.05) is 0 Å². The lowest BCUT2D eigenvalue weighted by molar-refractivity contribution is -0.137. The lowest BCUT2D eigenvalue weighted by atomic mass is 10.1. The standard InChI is InChI=1S/C9H12N2O3S/c1-10-9(14)11-7(4-8(12)13)6-2-3-15-5-6/h2-3,5,7H,4H2,1H3,(H,12,13)(H2,10,11,14)/t7-/m0/s1. The third-order valence-electron chi connectivity index (χ3n) is 1.86. The highest BCUT2D eigenvalue weighted by atomic mass is 32.1. The van der Waals surface area contributed by atoms with Crippen LogP contribution in [0.4, 0.5) is 4.79 Å². The maximum atomic E-state index is 11.1. The van der Waals surface area contributed by atoms with Crippen molar-refractivity contribution in [2.24, 2.45) is 0 Å². The minimum Gasteiger partial charge on any atom is -0.481 e. The maximum absolute atomic E-state index is 11.1. The van der Waals surface area contributed by atoms with Crippen molar-refractivity contribution in [3.8, 4) is 0 Å². The summed E-state index contributed by atoms with van der Waals surface area (Å²) in [6.07, 6.45) is -0.121. The zero-order valence-electron chi connectivity index (χ0n) is 8.19. The number of hydrogen-bond acceptors (Lipinski definition) is 3. The maximum Gasteiger partial charge on any atom is 0.315 e. The van der Waals surface area contributed by atoms with E-state index in [9.17, 15) is 9.59 Å². The van der Waals surface area contributed by atoms with Gasteiger partial charge in [-0.05, 0) is 22.4 Å². The van der Waals surface area contributed by atoms with Gasteiger partial charge in [0.25, 0.3) is 0 Å². The summed E-state index contributed by atoms with van der Waals surface area (Å²) < 4.78 is 0. The highest BCUT2D eigenvalue weighted by molar-refractivity contribution is 7.07. The summed E-state index contributed by atoms with van der Waals surface area (Å²) >= 11 is 1.47. The van der Waals surface area contributed by atoms with Crippen LogP contribution in [-0.2, 0) is 4.79 Å². The molecule has 1 aromatic rings. The number of carboxylic acids is 1. The average molecular weight is 228 g/mol. The summed E-state index contributed by atoms with van der Waals surface area (Å²) in [5.74, 6) is -0.942. The second-order valence-electron chi connectivity index (χ2n) is 2.93. The molecule has 0 spiro atoms. The summed E-state index contributed by atoms with van der Waals surface area (Å²) in [5, 5.41) is 17.3. The molecule has 0 fully saturated rings. The van der Waals surface area contributed by atoms with Gasteiger partial charge < -0.3 is 15.7 Å². The van der Waals surface area contributed by atoms with E-state index in [4.69, 9.17) is 5.11 Å². The van der Waals surface area contributed by atoms with E-state index in [0.29, 0.717) is 0 Å². The number of amides is 2. The van der Waals surface area contributed by atoms with E-state index in [0.717, 1.165) is 5.56 Å². The number of aliphatic carboxylic acids is 1. The second-order valence-corrected chi connectivity index (χ2v) is 3.71. The Bertz CT molecular complexity index is 337. The molecule has 0 radical (unpaired) electrons. The topological polar surface area (TPSA) is 78.4 Å². The molecular formula is C9H12N2O3S. The highest BCUT2D eigenvalue weighted by Crippen LogP contribution is 2.19. The Morgan fingerprint density at radius 1 is 1.60 bits per heavy atom. The van der Waals surface area contributed by atoms with Crippen LogP contribution in [0.15, 0.2) is 16.8 Å². The molecule has 5 nitrogen and oxygen atoms in total. The van der Waals surface area contributed by atoms with Crippen molar-refractivity contribution >= 4 is 23.3 Å². The van der Waals surface area contributed by atoms with E-state index in [1.54, 1.807) is 6.07 Å². The van der Waals surface area contributed by atoms with Gasteiger partial charge in [-0.3, -0.25) is 4.79 Å². The van der Waals surface area contributed by atoms with Gasteiger partial charge in [-0.2, -0.15) is 11.3 Å². The van der Waals surface area contributed by atoms with Crippen LogP contribution in [0.1, 0.15) is 18.0 Å². The van der Waals surface area contributed by atoms with E-state index >= 15 is 0 Å². The molecule has 0 saturated heterocycles. The van der Waals surface area contributed by atoms with Crippen LogP contribution in [0.5, 0.6) is 0 Å². The Balaban J connectivity index is 2.70. The summed E-state index contributed by atoms with van der Waals surface area (Å²) in [6, 6.07) is 0.940. The first-order valence-corrected chi connectivity index (χ1v) is 5.30. The van der Waals surface area contributed by atoms with Gasteiger partial charge in [0.1, 0.15) is 0 Å². The largest absolute Gasteiger partial charge is 0.481 e. The van der Waals surface area contributed by atoms with Gasteiger partial charge in [-0.15, -0.1) is 0 Å². The molecule has 0 aliphatic heterocycles. The van der Waals surface area contributed by atoms with Crippen molar-refractivity contribution in [1.29, 1.82) is 0 Å². The Kier molecular flexibility index (Phi) is 4.11. The lowest BCUT2D eigenvalue weighted by Crippen LogP contribution is -2.36. The van der Waals surface area contributed by atoms with E-state index in [1.807, 2.05) is 10.8 Å².